The third kappa shape index (κ3) is 5.27. The first-order chi connectivity index (χ1) is 14.9. The Labute approximate surface area is 191 Å². The fourth-order valence-electron chi connectivity index (χ4n) is 3.23. The Balaban J connectivity index is 1.58. The predicted octanol–water partition coefficient (Wildman–Crippen LogP) is 4.53. The quantitative estimate of drug-likeness (QED) is 0.488. The minimum atomic E-state index is -3.65. The van der Waals surface area contributed by atoms with Crippen molar-refractivity contribution in [3.63, 3.8) is 0 Å². The lowest BCUT2D eigenvalue weighted by Gasteiger charge is -2.23. The predicted molar refractivity (Wildman–Crippen MR) is 121 cm³/mol. The molecule has 3 aromatic rings. The molecular formula is C22H23ClN2O4S2. The van der Waals surface area contributed by atoms with E-state index in [4.69, 9.17) is 16.3 Å². The second-order valence-corrected chi connectivity index (χ2v) is 10.8. The second kappa shape index (κ2) is 9.26. The number of nitrogens with zero attached hydrogens (tertiary/aromatic N) is 2. The van der Waals surface area contributed by atoms with Crippen molar-refractivity contribution in [2.45, 2.75) is 50.5 Å². The molecule has 1 heterocycles. The number of aliphatic hydroxyl groups is 1. The fraction of sp³-hybridized carbons (Fsp3) is 0.318. The normalized spacial score (nSPS) is 14.2. The Kier molecular flexibility index (Phi) is 6.64. The molecule has 2 aromatic carbocycles. The van der Waals surface area contributed by atoms with E-state index in [2.05, 4.69) is 4.98 Å². The molecule has 1 aliphatic carbocycles. The molecule has 1 saturated carbocycles. The molecule has 0 spiro atoms. The van der Waals surface area contributed by atoms with Crippen LogP contribution in [0.2, 0.25) is 5.02 Å². The van der Waals surface area contributed by atoms with E-state index in [1.807, 2.05) is 6.92 Å². The van der Waals surface area contributed by atoms with Gasteiger partial charge in [-0.15, -0.1) is 11.3 Å². The molecule has 6 nitrogen and oxygen atoms in total. The molecule has 0 atom stereocenters. The number of halogens is 1. The van der Waals surface area contributed by atoms with Crippen molar-refractivity contribution in [1.82, 2.24) is 9.29 Å². The van der Waals surface area contributed by atoms with Crippen molar-refractivity contribution >= 4 is 33.0 Å². The summed E-state index contributed by atoms with van der Waals surface area (Å²) in [6, 6.07) is 12.1. The van der Waals surface area contributed by atoms with Crippen molar-refractivity contribution < 1.29 is 18.3 Å². The summed E-state index contributed by atoms with van der Waals surface area (Å²) in [6.45, 7) is 2.22. The molecular weight excluding hydrogens is 456 g/mol. The Bertz CT molecular complexity index is 1160. The van der Waals surface area contributed by atoms with Gasteiger partial charge in [-0.1, -0.05) is 29.3 Å². The van der Waals surface area contributed by atoms with Crippen LogP contribution in [0.15, 0.2) is 52.7 Å². The summed E-state index contributed by atoms with van der Waals surface area (Å²) in [5, 5.41) is 12.2. The van der Waals surface area contributed by atoms with E-state index in [-0.39, 0.29) is 30.7 Å². The summed E-state index contributed by atoms with van der Waals surface area (Å²) in [5.74, 6) is 0.565. The van der Waals surface area contributed by atoms with E-state index < -0.39 is 10.0 Å². The van der Waals surface area contributed by atoms with Crippen LogP contribution in [-0.4, -0.2) is 28.9 Å². The monoisotopic (exact) mass is 478 g/mol. The first-order valence-electron chi connectivity index (χ1n) is 9.90. The van der Waals surface area contributed by atoms with Crippen LogP contribution >= 0.6 is 22.9 Å². The van der Waals surface area contributed by atoms with Gasteiger partial charge in [0.05, 0.1) is 17.2 Å². The van der Waals surface area contributed by atoms with E-state index in [1.54, 1.807) is 52.1 Å². The number of sulfonamides is 1. The smallest absolute Gasteiger partial charge is 0.243 e. The van der Waals surface area contributed by atoms with Gasteiger partial charge in [0.1, 0.15) is 17.4 Å². The number of benzene rings is 2. The SMILES string of the molecule is Cc1ccc(S(=O)(=O)N(Cc2cc(Cl)ccc2OCc2nc(CO)cs2)C2CC2)cc1. The molecule has 164 valence electrons. The number of hydrogen-bond acceptors (Lipinski definition) is 6. The summed E-state index contributed by atoms with van der Waals surface area (Å²) in [4.78, 5) is 4.57. The molecule has 0 amide bonds. The van der Waals surface area contributed by atoms with Crippen LogP contribution in [0.3, 0.4) is 0 Å². The van der Waals surface area contributed by atoms with Crippen molar-refractivity contribution in [3.8, 4) is 5.75 Å². The highest BCUT2D eigenvalue weighted by Crippen LogP contribution is 2.36. The number of rotatable bonds is 9. The first-order valence-corrected chi connectivity index (χ1v) is 12.6. The summed E-state index contributed by atoms with van der Waals surface area (Å²) in [7, 11) is -3.65. The number of aromatic nitrogens is 1. The minimum absolute atomic E-state index is 0.0239. The van der Waals surface area contributed by atoms with E-state index in [0.717, 1.165) is 23.4 Å². The molecule has 0 radical (unpaired) electrons. The van der Waals surface area contributed by atoms with Gasteiger partial charge in [-0.3, -0.25) is 0 Å². The van der Waals surface area contributed by atoms with Gasteiger partial charge in [-0.2, -0.15) is 4.31 Å². The molecule has 4 rings (SSSR count). The lowest BCUT2D eigenvalue weighted by Crippen LogP contribution is -2.32. The highest BCUT2D eigenvalue weighted by atomic mass is 35.5. The van der Waals surface area contributed by atoms with Crippen molar-refractivity contribution in [1.29, 1.82) is 0 Å². The maximum absolute atomic E-state index is 13.4. The van der Waals surface area contributed by atoms with Gasteiger partial charge in [0.2, 0.25) is 10.0 Å². The van der Waals surface area contributed by atoms with Crippen molar-refractivity contribution in [3.05, 3.63) is 74.7 Å². The van der Waals surface area contributed by atoms with Crippen LogP contribution in [0.25, 0.3) is 0 Å². The number of aliphatic hydroxyl groups excluding tert-OH is 1. The highest BCUT2D eigenvalue weighted by Gasteiger charge is 2.38. The molecule has 1 N–H and O–H groups in total. The lowest BCUT2D eigenvalue weighted by molar-refractivity contribution is 0.274. The Morgan fingerprint density at radius 3 is 2.61 bits per heavy atom. The maximum atomic E-state index is 13.4. The van der Waals surface area contributed by atoms with Crippen LogP contribution in [0, 0.1) is 6.92 Å². The van der Waals surface area contributed by atoms with Crippen molar-refractivity contribution in [2.75, 3.05) is 0 Å². The van der Waals surface area contributed by atoms with Crippen LogP contribution in [0.1, 0.15) is 34.7 Å². The third-order valence-corrected chi connectivity index (χ3v) is 8.06. The Morgan fingerprint density at radius 1 is 1.23 bits per heavy atom. The molecule has 0 saturated heterocycles. The van der Waals surface area contributed by atoms with Gasteiger partial charge in [-0.25, -0.2) is 13.4 Å². The standard InChI is InChI=1S/C22H23ClN2O4S2/c1-15-2-7-20(8-3-15)31(27,28)25(19-5-6-19)11-16-10-17(23)4-9-21(16)29-13-22-24-18(12-26)14-30-22/h2-4,7-10,14,19,26H,5-6,11-13H2,1H3. The molecule has 1 fully saturated rings. The summed E-state index contributed by atoms with van der Waals surface area (Å²) in [5.41, 5.74) is 2.31. The number of thiazole rings is 1. The third-order valence-electron chi connectivity index (χ3n) is 5.04. The van der Waals surface area contributed by atoms with Gasteiger partial charge in [-0.05, 0) is 50.1 Å². The highest BCUT2D eigenvalue weighted by molar-refractivity contribution is 7.89. The van der Waals surface area contributed by atoms with E-state index >= 15 is 0 Å². The molecule has 31 heavy (non-hydrogen) atoms. The zero-order valence-electron chi connectivity index (χ0n) is 17.0. The van der Waals surface area contributed by atoms with Crippen LogP contribution in [-0.2, 0) is 29.8 Å². The van der Waals surface area contributed by atoms with Crippen molar-refractivity contribution in [2.24, 2.45) is 0 Å². The number of aryl methyl sites for hydroxylation is 1. The van der Waals surface area contributed by atoms with Gasteiger partial charge in [0.25, 0.3) is 0 Å². The minimum Gasteiger partial charge on any atom is -0.486 e. The molecule has 1 aromatic heterocycles. The summed E-state index contributed by atoms with van der Waals surface area (Å²) < 4.78 is 34.2. The fourth-order valence-corrected chi connectivity index (χ4v) is 5.78. The average molecular weight is 479 g/mol. The molecule has 0 aliphatic heterocycles. The maximum Gasteiger partial charge on any atom is 0.243 e. The van der Waals surface area contributed by atoms with Gasteiger partial charge in [0, 0.05) is 28.6 Å². The molecule has 9 heteroatoms. The van der Waals surface area contributed by atoms with Crippen LogP contribution < -0.4 is 4.74 Å². The first kappa shape index (κ1) is 22.2. The van der Waals surface area contributed by atoms with E-state index in [1.165, 1.54) is 11.3 Å². The Hall–Kier alpha value is -1.97. The molecule has 1 aliphatic rings. The van der Waals surface area contributed by atoms with Crippen LogP contribution in [0.5, 0.6) is 5.75 Å². The van der Waals surface area contributed by atoms with Gasteiger partial charge < -0.3 is 9.84 Å². The molecule has 0 bridgehead atoms. The second-order valence-electron chi connectivity index (χ2n) is 7.53. The van der Waals surface area contributed by atoms with Gasteiger partial charge >= 0.3 is 0 Å². The topological polar surface area (TPSA) is 79.7 Å². The number of ether oxygens (including phenoxy) is 1. The lowest BCUT2D eigenvalue weighted by atomic mass is 10.2. The summed E-state index contributed by atoms with van der Waals surface area (Å²) in [6.07, 6.45) is 1.68. The van der Waals surface area contributed by atoms with E-state index in [0.29, 0.717) is 22.0 Å². The Morgan fingerprint density at radius 2 is 1.97 bits per heavy atom. The number of hydrogen-bond donors (Lipinski definition) is 1. The largest absolute Gasteiger partial charge is 0.486 e. The van der Waals surface area contributed by atoms with Crippen LogP contribution in [0.4, 0.5) is 0 Å². The zero-order valence-corrected chi connectivity index (χ0v) is 19.4. The average Bonchev–Trinajstić information content (AvgIpc) is 3.48. The van der Waals surface area contributed by atoms with Gasteiger partial charge in [0.15, 0.2) is 0 Å². The molecule has 0 unspecified atom stereocenters. The summed E-state index contributed by atoms with van der Waals surface area (Å²) >= 11 is 7.63. The zero-order chi connectivity index (χ0) is 22.0. The van der Waals surface area contributed by atoms with E-state index in [9.17, 15) is 13.5 Å².